The number of piperazine rings is 1. The summed E-state index contributed by atoms with van der Waals surface area (Å²) in [6.45, 7) is 7.36. The number of hydrogen-bond acceptors (Lipinski definition) is 3. The van der Waals surface area contributed by atoms with Gasteiger partial charge in [-0.2, -0.15) is 5.26 Å². The summed E-state index contributed by atoms with van der Waals surface area (Å²) in [5, 5.41) is 8.51. The Morgan fingerprint density at radius 3 is 3.00 bits per heavy atom. The molecule has 0 N–H and O–H groups in total. The molecule has 0 amide bonds. The minimum atomic E-state index is 0.705. The third kappa shape index (κ3) is 2.75. The average Bonchev–Trinajstić information content (AvgIpc) is 2.71. The molecule has 16 heavy (non-hydrogen) atoms. The Hall–Kier alpha value is -0.590. The Morgan fingerprint density at radius 1 is 1.31 bits per heavy atom. The summed E-state index contributed by atoms with van der Waals surface area (Å²) in [6.07, 6.45) is 5.75. The SMILES string of the molecule is CC1CN2CCCC2CN1CCCCC#N. The topological polar surface area (TPSA) is 30.3 Å². The molecule has 0 spiro atoms. The van der Waals surface area contributed by atoms with Gasteiger partial charge in [-0.1, -0.05) is 0 Å². The predicted molar refractivity (Wildman–Crippen MR) is 65.1 cm³/mol. The average molecular weight is 221 g/mol. The molecule has 3 nitrogen and oxygen atoms in total. The van der Waals surface area contributed by atoms with Crippen LogP contribution in [0.4, 0.5) is 0 Å². The Bertz CT molecular complexity index is 258. The van der Waals surface area contributed by atoms with E-state index in [-0.39, 0.29) is 0 Å². The molecule has 2 unspecified atom stereocenters. The van der Waals surface area contributed by atoms with Gasteiger partial charge < -0.3 is 0 Å². The van der Waals surface area contributed by atoms with Crippen LogP contribution in [0.1, 0.15) is 39.0 Å². The maximum atomic E-state index is 8.51. The molecule has 0 aromatic rings. The molecule has 0 aliphatic carbocycles. The van der Waals surface area contributed by atoms with Crippen LogP contribution in [0.25, 0.3) is 0 Å². The first-order chi connectivity index (χ1) is 7.81. The molecule has 0 saturated carbocycles. The summed E-state index contributed by atoms with van der Waals surface area (Å²) >= 11 is 0. The second kappa shape index (κ2) is 5.65. The molecular weight excluding hydrogens is 198 g/mol. The summed E-state index contributed by atoms with van der Waals surface area (Å²) in [6, 6.07) is 3.76. The lowest BCUT2D eigenvalue weighted by atomic mass is 10.1. The van der Waals surface area contributed by atoms with Gasteiger partial charge in [-0.05, 0) is 45.7 Å². The van der Waals surface area contributed by atoms with Gasteiger partial charge in [-0.25, -0.2) is 0 Å². The highest BCUT2D eigenvalue weighted by Crippen LogP contribution is 2.24. The zero-order chi connectivity index (χ0) is 11.4. The second-order valence-corrected chi connectivity index (χ2v) is 5.25. The number of fused-ring (bicyclic) bond motifs is 1. The largest absolute Gasteiger partial charge is 0.298 e. The van der Waals surface area contributed by atoms with Crippen LogP contribution in [0, 0.1) is 11.3 Å². The fraction of sp³-hybridized carbons (Fsp3) is 0.923. The van der Waals surface area contributed by atoms with Crippen LogP contribution in [0.3, 0.4) is 0 Å². The van der Waals surface area contributed by atoms with Crippen molar-refractivity contribution in [3.63, 3.8) is 0 Å². The zero-order valence-electron chi connectivity index (χ0n) is 10.4. The van der Waals surface area contributed by atoms with Crippen LogP contribution in [0.15, 0.2) is 0 Å². The Balaban J connectivity index is 1.74. The summed E-state index contributed by atoms with van der Waals surface area (Å²) in [5.41, 5.74) is 0. The number of nitrogens with zero attached hydrogens (tertiary/aromatic N) is 3. The first-order valence-electron chi connectivity index (χ1n) is 6.66. The van der Waals surface area contributed by atoms with Gasteiger partial charge in [0.15, 0.2) is 0 Å². The Labute approximate surface area is 99.0 Å². The van der Waals surface area contributed by atoms with E-state index in [0.717, 1.165) is 18.9 Å². The number of unbranched alkanes of at least 4 members (excludes halogenated alkanes) is 2. The van der Waals surface area contributed by atoms with Gasteiger partial charge in [0.25, 0.3) is 0 Å². The van der Waals surface area contributed by atoms with Gasteiger partial charge in [0, 0.05) is 31.6 Å². The van der Waals surface area contributed by atoms with Gasteiger partial charge in [-0.15, -0.1) is 0 Å². The molecule has 2 aliphatic heterocycles. The molecule has 2 saturated heterocycles. The molecule has 90 valence electrons. The van der Waals surface area contributed by atoms with E-state index in [4.69, 9.17) is 5.26 Å². The third-order valence-corrected chi connectivity index (χ3v) is 4.05. The number of hydrogen-bond donors (Lipinski definition) is 0. The van der Waals surface area contributed by atoms with Gasteiger partial charge in [-0.3, -0.25) is 9.80 Å². The quantitative estimate of drug-likeness (QED) is 0.679. The van der Waals surface area contributed by atoms with Crippen molar-refractivity contribution in [1.82, 2.24) is 9.80 Å². The van der Waals surface area contributed by atoms with Crippen molar-refractivity contribution in [2.24, 2.45) is 0 Å². The van der Waals surface area contributed by atoms with Crippen LogP contribution >= 0.6 is 0 Å². The molecular formula is C13H23N3. The minimum absolute atomic E-state index is 0.705. The molecule has 0 aromatic heterocycles. The first-order valence-corrected chi connectivity index (χ1v) is 6.66. The van der Waals surface area contributed by atoms with Crippen molar-refractivity contribution >= 4 is 0 Å². The van der Waals surface area contributed by atoms with Crippen molar-refractivity contribution in [2.75, 3.05) is 26.2 Å². The van der Waals surface area contributed by atoms with Crippen LogP contribution < -0.4 is 0 Å². The van der Waals surface area contributed by atoms with E-state index < -0.39 is 0 Å². The van der Waals surface area contributed by atoms with E-state index in [9.17, 15) is 0 Å². The Morgan fingerprint density at radius 2 is 2.19 bits per heavy atom. The van der Waals surface area contributed by atoms with E-state index >= 15 is 0 Å². The summed E-state index contributed by atoms with van der Waals surface area (Å²) in [5.74, 6) is 0. The van der Waals surface area contributed by atoms with E-state index in [1.807, 2.05) is 0 Å². The van der Waals surface area contributed by atoms with E-state index in [2.05, 4.69) is 22.8 Å². The molecule has 0 aromatic carbocycles. The van der Waals surface area contributed by atoms with Crippen LogP contribution in [0.2, 0.25) is 0 Å². The zero-order valence-corrected chi connectivity index (χ0v) is 10.4. The summed E-state index contributed by atoms with van der Waals surface area (Å²) in [7, 11) is 0. The van der Waals surface area contributed by atoms with Crippen molar-refractivity contribution in [3.8, 4) is 6.07 Å². The number of nitriles is 1. The monoisotopic (exact) mass is 221 g/mol. The lowest BCUT2D eigenvalue weighted by Gasteiger charge is -2.42. The lowest BCUT2D eigenvalue weighted by Crippen LogP contribution is -2.54. The van der Waals surface area contributed by atoms with E-state index in [0.29, 0.717) is 6.04 Å². The third-order valence-electron chi connectivity index (χ3n) is 4.05. The predicted octanol–water partition coefficient (Wildman–Crippen LogP) is 1.85. The summed E-state index contributed by atoms with van der Waals surface area (Å²) in [4.78, 5) is 5.29. The van der Waals surface area contributed by atoms with Gasteiger partial charge in [0.2, 0.25) is 0 Å². The molecule has 2 rings (SSSR count). The first kappa shape index (κ1) is 11.9. The smallest absolute Gasteiger partial charge is 0.0621 e. The second-order valence-electron chi connectivity index (χ2n) is 5.25. The normalized spacial score (nSPS) is 31.2. The van der Waals surface area contributed by atoms with Crippen LogP contribution in [0.5, 0.6) is 0 Å². The maximum absolute atomic E-state index is 8.51. The highest BCUT2D eigenvalue weighted by Gasteiger charge is 2.33. The van der Waals surface area contributed by atoms with Crippen molar-refractivity contribution in [2.45, 2.75) is 51.1 Å². The summed E-state index contributed by atoms with van der Waals surface area (Å²) < 4.78 is 0. The maximum Gasteiger partial charge on any atom is 0.0621 e. The fourth-order valence-electron chi connectivity index (χ4n) is 3.08. The molecule has 2 atom stereocenters. The molecule has 2 heterocycles. The highest BCUT2D eigenvalue weighted by molar-refractivity contribution is 4.90. The molecule has 2 aliphatic rings. The Kier molecular flexibility index (Phi) is 4.20. The van der Waals surface area contributed by atoms with Crippen molar-refractivity contribution < 1.29 is 0 Å². The minimum Gasteiger partial charge on any atom is -0.298 e. The number of rotatable bonds is 4. The van der Waals surface area contributed by atoms with Gasteiger partial charge >= 0.3 is 0 Å². The van der Waals surface area contributed by atoms with Gasteiger partial charge in [0.05, 0.1) is 6.07 Å². The van der Waals surface area contributed by atoms with Crippen molar-refractivity contribution in [3.05, 3.63) is 0 Å². The van der Waals surface area contributed by atoms with Crippen LogP contribution in [-0.4, -0.2) is 48.1 Å². The van der Waals surface area contributed by atoms with E-state index in [1.165, 1.54) is 45.4 Å². The van der Waals surface area contributed by atoms with Gasteiger partial charge in [0.1, 0.15) is 0 Å². The molecule has 0 bridgehead atoms. The fourth-order valence-corrected chi connectivity index (χ4v) is 3.08. The lowest BCUT2D eigenvalue weighted by molar-refractivity contribution is 0.0585. The highest BCUT2D eigenvalue weighted by atomic mass is 15.3. The molecule has 0 radical (unpaired) electrons. The van der Waals surface area contributed by atoms with Crippen LogP contribution in [-0.2, 0) is 0 Å². The standard InChI is InChI=1S/C13H23N3/c1-12-10-16-9-5-6-13(16)11-15(12)8-4-2-3-7-14/h12-13H,2-6,8-11H2,1H3. The molecule has 2 fully saturated rings. The molecule has 3 heteroatoms. The van der Waals surface area contributed by atoms with Crippen molar-refractivity contribution in [1.29, 1.82) is 5.26 Å². The van der Waals surface area contributed by atoms with E-state index in [1.54, 1.807) is 0 Å².